The molecule has 1 aliphatic rings. The highest BCUT2D eigenvalue weighted by Crippen LogP contribution is 2.25. The lowest BCUT2D eigenvalue weighted by Crippen LogP contribution is -2.21. The van der Waals surface area contributed by atoms with E-state index in [1.807, 2.05) is 37.1 Å². The summed E-state index contributed by atoms with van der Waals surface area (Å²) in [7, 11) is 0. The van der Waals surface area contributed by atoms with Gasteiger partial charge < -0.3 is 4.52 Å². The summed E-state index contributed by atoms with van der Waals surface area (Å²) in [5.74, 6) is 0.760. The number of aryl methyl sites for hydroxylation is 1. The Hall–Kier alpha value is -3.14. The van der Waals surface area contributed by atoms with Gasteiger partial charge in [0, 0.05) is 11.8 Å². The van der Waals surface area contributed by atoms with E-state index >= 15 is 0 Å². The molecule has 0 N–H and O–H groups in total. The number of benzene rings is 2. The average molecular weight is 329 g/mol. The Morgan fingerprint density at radius 3 is 2.16 bits per heavy atom. The first-order chi connectivity index (χ1) is 12.2. The molecule has 4 heteroatoms. The average Bonchev–Trinajstić information content (AvgIpc) is 3.02. The smallest absolute Gasteiger partial charge is 0.235 e. The van der Waals surface area contributed by atoms with E-state index in [0.717, 1.165) is 28.4 Å². The zero-order valence-electron chi connectivity index (χ0n) is 14.3. The molecule has 0 amide bonds. The zero-order chi connectivity index (χ0) is 17.2. The molecule has 0 spiro atoms. The predicted molar refractivity (Wildman–Crippen MR) is 101 cm³/mol. The first-order valence-electron chi connectivity index (χ1n) is 8.30. The molecular weight excluding hydrogens is 310 g/mol. The fraction of sp³-hybridized carbons (Fsp3) is 0.143. The summed E-state index contributed by atoms with van der Waals surface area (Å²) in [4.78, 5) is 6.65. The van der Waals surface area contributed by atoms with Crippen LogP contribution in [0.15, 0.2) is 76.4 Å². The van der Waals surface area contributed by atoms with Gasteiger partial charge in [-0.1, -0.05) is 59.8 Å². The van der Waals surface area contributed by atoms with Crippen LogP contribution in [-0.2, 0) is 0 Å². The van der Waals surface area contributed by atoms with Crippen molar-refractivity contribution in [1.82, 2.24) is 5.16 Å². The van der Waals surface area contributed by atoms with Crippen LogP contribution in [0.25, 0.3) is 11.1 Å². The summed E-state index contributed by atoms with van der Waals surface area (Å²) < 4.78 is 5.40. The first kappa shape index (κ1) is 15.4. The molecule has 0 atom stereocenters. The highest BCUT2D eigenvalue weighted by Gasteiger charge is 2.17. The van der Waals surface area contributed by atoms with Gasteiger partial charge in [-0.25, -0.2) is 0 Å². The Labute approximate surface area is 147 Å². The van der Waals surface area contributed by atoms with E-state index in [0.29, 0.717) is 6.67 Å². The third kappa shape index (κ3) is 2.98. The Morgan fingerprint density at radius 2 is 1.56 bits per heavy atom. The monoisotopic (exact) mass is 329 g/mol. The molecule has 1 aromatic heterocycles. The summed E-state index contributed by atoms with van der Waals surface area (Å²) in [6.07, 6.45) is 4.01. The third-order valence-corrected chi connectivity index (χ3v) is 4.49. The summed E-state index contributed by atoms with van der Waals surface area (Å²) >= 11 is 0. The minimum Gasteiger partial charge on any atom is -0.338 e. The van der Waals surface area contributed by atoms with E-state index in [9.17, 15) is 0 Å². The topological polar surface area (TPSA) is 41.6 Å². The molecule has 2 heterocycles. The van der Waals surface area contributed by atoms with Crippen LogP contribution in [0.2, 0.25) is 0 Å². The molecule has 4 rings (SSSR count). The number of aliphatic imine (C=N–C) groups is 1. The van der Waals surface area contributed by atoms with E-state index in [1.165, 1.54) is 11.1 Å². The summed E-state index contributed by atoms with van der Waals surface area (Å²) in [5, 5.41) is 4.01. The molecule has 0 unspecified atom stereocenters. The number of nitrogens with zero attached hydrogens (tertiary/aromatic N) is 3. The quantitative estimate of drug-likeness (QED) is 0.697. The van der Waals surface area contributed by atoms with Gasteiger partial charge in [0.1, 0.15) is 6.67 Å². The van der Waals surface area contributed by atoms with Crippen molar-refractivity contribution in [3.8, 4) is 11.1 Å². The summed E-state index contributed by atoms with van der Waals surface area (Å²) in [6, 6.07) is 18.9. The Bertz CT molecular complexity index is 937. The first-order valence-corrected chi connectivity index (χ1v) is 8.30. The molecule has 0 bridgehead atoms. The second kappa shape index (κ2) is 6.40. The zero-order valence-corrected chi connectivity index (χ0v) is 14.3. The number of aromatic nitrogens is 1. The van der Waals surface area contributed by atoms with Crippen molar-refractivity contribution < 1.29 is 4.52 Å². The lowest BCUT2D eigenvalue weighted by molar-refractivity contribution is 0.417. The van der Waals surface area contributed by atoms with Gasteiger partial charge in [0.05, 0.1) is 11.4 Å². The van der Waals surface area contributed by atoms with Crippen LogP contribution >= 0.6 is 0 Å². The van der Waals surface area contributed by atoms with Crippen molar-refractivity contribution in [2.75, 3.05) is 11.6 Å². The molecule has 25 heavy (non-hydrogen) atoms. The maximum absolute atomic E-state index is 5.40. The van der Waals surface area contributed by atoms with Gasteiger partial charge in [0.2, 0.25) is 5.88 Å². The molecule has 4 nitrogen and oxygen atoms in total. The van der Waals surface area contributed by atoms with Crippen molar-refractivity contribution in [2.45, 2.75) is 13.8 Å². The van der Waals surface area contributed by atoms with Crippen LogP contribution in [-0.4, -0.2) is 17.5 Å². The Balaban J connectivity index is 1.52. The highest BCUT2D eigenvalue weighted by atomic mass is 16.5. The van der Waals surface area contributed by atoms with Gasteiger partial charge in [-0.2, -0.15) is 0 Å². The molecule has 2 aromatic carbocycles. The normalized spacial score (nSPS) is 13.8. The lowest BCUT2D eigenvalue weighted by atomic mass is 10.0. The molecule has 124 valence electrons. The van der Waals surface area contributed by atoms with E-state index < -0.39 is 0 Å². The molecule has 0 fully saturated rings. The molecule has 1 aliphatic heterocycles. The van der Waals surface area contributed by atoms with Gasteiger partial charge in [-0.3, -0.25) is 9.89 Å². The van der Waals surface area contributed by atoms with Crippen molar-refractivity contribution in [3.05, 3.63) is 83.7 Å². The fourth-order valence-electron chi connectivity index (χ4n) is 2.87. The van der Waals surface area contributed by atoms with Gasteiger partial charge in [-0.05, 0) is 36.6 Å². The molecule has 0 saturated carbocycles. The maximum atomic E-state index is 5.40. The van der Waals surface area contributed by atoms with Gasteiger partial charge in [0.15, 0.2) is 0 Å². The van der Waals surface area contributed by atoms with E-state index in [1.54, 1.807) is 0 Å². The van der Waals surface area contributed by atoms with E-state index in [-0.39, 0.29) is 0 Å². The van der Waals surface area contributed by atoms with Crippen LogP contribution in [0.5, 0.6) is 0 Å². The van der Waals surface area contributed by atoms with Crippen LogP contribution in [0, 0.1) is 13.8 Å². The van der Waals surface area contributed by atoms with Crippen LogP contribution in [0.1, 0.15) is 16.8 Å². The molecular formula is C21H19N3O. The fourth-order valence-corrected chi connectivity index (χ4v) is 2.87. The van der Waals surface area contributed by atoms with Gasteiger partial charge >= 0.3 is 0 Å². The van der Waals surface area contributed by atoms with E-state index in [2.05, 4.69) is 58.7 Å². The minimum atomic E-state index is 0.530. The number of hydrogen-bond acceptors (Lipinski definition) is 4. The third-order valence-electron chi connectivity index (χ3n) is 4.49. The van der Waals surface area contributed by atoms with Crippen molar-refractivity contribution >= 4 is 11.6 Å². The number of hydrogen-bond donors (Lipinski definition) is 0. The molecule has 0 aliphatic carbocycles. The molecule has 3 aromatic rings. The number of rotatable bonds is 3. The lowest BCUT2D eigenvalue weighted by Gasteiger charge is -2.19. The van der Waals surface area contributed by atoms with Crippen molar-refractivity contribution in [2.24, 2.45) is 4.99 Å². The van der Waals surface area contributed by atoms with Crippen LogP contribution in [0.3, 0.4) is 0 Å². The molecule has 0 saturated heterocycles. The number of anilines is 1. The Morgan fingerprint density at radius 1 is 0.880 bits per heavy atom. The van der Waals surface area contributed by atoms with Crippen molar-refractivity contribution in [1.29, 1.82) is 0 Å². The Kier molecular flexibility index (Phi) is 3.94. The molecule has 0 radical (unpaired) electrons. The highest BCUT2D eigenvalue weighted by molar-refractivity contribution is 6.09. The van der Waals surface area contributed by atoms with Crippen LogP contribution in [0.4, 0.5) is 5.88 Å². The standard InChI is InChI=1S/C21H19N3O/c1-15-16(2)23-25-21(15)24-13-12-20(22-14-24)19-10-8-18(9-11-19)17-6-4-3-5-7-17/h3-13H,14H2,1-2H3. The van der Waals surface area contributed by atoms with Gasteiger partial charge in [0.25, 0.3) is 0 Å². The van der Waals surface area contributed by atoms with Crippen molar-refractivity contribution in [3.63, 3.8) is 0 Å². The number of allylic oxidation sites excluding steroid dienone is 1. The SMILES string of the molecule is Cc1noc(N2C=CC(c3ccc(-c4ccccc4)cc3)=NC2)c1C. The largest absolute Gasteiger partial charge is 0.338 e. The second-order valence-corrected chi connectivity index (χ2v) is 6.11. The predicted octanol–water partition coefficient (Wildman–Crippen LogP) is 4.74. The summed E-state index contributed by atoms with van der Waals surface area (Å²) in [5.41, 5.74) is 6.48. The summed E-state index contributed by atoms with van der Waals surface area (Å²) in [6.45, 7) is 4.48. The van der Waals surface area contributed by atoms with Gasteiger partial charge in [-0.15, -0.1) is 0 Å². The maximum Gasteiger partial charge on any atom is 0.235 e. The van der Waals surface area contributed by atoms with E-state index in [4.69, 9.17) is 4.52 Å². The van der Waals surface area contributed by atoms with Crippen LogP contribution < -0.4 is 4.90 Å². The second-order valence-electron chi connectivity index (χ2n) is 6.11. The minimum absolute atomic E-state index is 0.530.